The van der Waals surface area contributed by atoms with Crippen molar-refractivity contribution in [2.45, 2.75) is 52.0 Å². The maximum absolute atomic E-state index is 6.20. The summed E-state index contributed by atoms with van der Waals surface area (Å²) in [6.07, 6.45) is 0. The van der Waals surface area contributed by atoms with Crippen LogP contribution >= 0.6 is 0 Å². The second kappa shape index (κ2) is 6.31. The summed E-state index contributed by atoms with van der Waals surface area (Å²) in [4.78, 5) is 0. The number of benzene rings is 1. The van der Waals surface area contributed by atoms with Crippen molar-refractivity contribution in [3.8, 4) is 0 Å². The molecule has 0 radical (unpaired) electrons. The fourth-order valence-corrected chi connectivity index (χ4v) is 2.68. The summed E-state index contributed by atoms with van der Waals surface area (Å²) in [7, 11) is 1.13. The Morgan fingerprint density at radius 2 is 1.71 bits per heavy atom. The van der Waals surface area contributed by atoms with E-state index in [4.69, 9.17) is 14.0 Å². The van der Waals surface area contributed by atoms with Crippen LogP contribution in [0, 0.1) is 0 Å². The Balaban J connectivity index is 1.95. The van der Waals surface area contributed by atoms with Crippen LogP contribution in [-0.2, 0) is 27.2 Å². The third kappa shape index (κ3) is 3.11. The van der Waals surface area contributed by atoms with Crippen molar-refractivity contribution in [2.75, 3.05) is 7.11 Å². The quantitative estimate of drug-likeness (QED) is 0.783. The maximum Gasteiger partial charge on any atom is 0.516 e. The third-order valence-electron chi connectivity index (χ3n) is 4.78. The van der Waals surface area contributed by atoms with Gasteiger partial charge in [0.05, 0.1) is 29.9 Å². The number of nitrogens with zero attached hydrogens (tertiary/aromatic N) is 3. The molecule has 3 rings (SSSR count). The smallest absolute Gasteiger partial charge is 0.398 e. The number of rotatable bonds is 5. The predicted molar refractivity (Wildman–Crippen MR) is 92.0 cm³/mol. The van der Waals surface area contributed by atoms with E-state index in [2.05, 4.69) is 22.4 Å². The Hall–Kier alpha value is -1.70. The van der Waals surface area contributed by atoms with E-state index in [-0.39, 0.29) is 0 Å². The highest BCUT2D eigenvalue weighted by Gasteiger charge is 2.53. The van der Waals surface area contributed by atoms with Gasteiger partial charge in [-0.3, -0.25) is 0 Å². The minimum Gasteiger partial charge on any atom is -0.398 e. The minimum absolute atomic E-state index is 0.369. The normalized spacial score (nSPS) is 19.0. The molecule has 0 bridgehead atoms. The van der Waals surface area contributed by atoms with Crippen molar-refractivity contribution in [1.29, 1.82) is 0 Å². The van der Waals surface area contributed by atoms with Gasteiger partial charge in [0, 0.05) is 7.11 Å². The molecular weight excluding hydrogens is 305 g/mol. The fourth-order valence-electron chi connectivity index (χ4n) is 2.68. The molecule has 0 unspecified atom stereocenters. The predicted octanol–water partition coefficient (Wildman–Crippen LogP) is 1.77. The standard InChI is InChI=1S/C17H24BN3O3/c1-16(2)17(3,4)24-18(23-16)15-14(12-22-5)19-20-21(15)11-13-9-7-6-8-10-13/h6-10H,11-12H2,1-5H3. The molecule has 0 atom stereocenters. The van der Waals surface area contributed by atoms with Gasteiger partial charge in [-0.25, -0.2) is 4.68 Å². The zero-order valence-corrected chi connectivity index (χ0v) is 14.9. The van der Waals surface area contributed by atoms with Gasteiger partial charge in [-0.15, -0.1) is 5.10 Å². The van der Waals surface area contributed by atoms with Gasteiger partial charge in [0.1, 0.15) is 5.69 Å². The lowest BCUT2D eigenvalue weighted by molar-refractivity contribution is 0.00578. The molecular formula is C17H24BN3O3. The van der Waals surface area contributed by atoms with Gasteiger partial charge in [0.25, 0.3) is 0 Å². The SMILES string of the molecule is COCc1nnn(Cc2ccccc2)c1B1OC(C)(C)C(C)(C)O1. The van der Waals surface area contributed by atoms with E-state index in [1.165, 1.54) is 0 Å². The van der Waals surface area contributed by atoms with E-state index < -0.39 is 18.3 Å². The monoisotopic (exact) mass is 329 g/mol. The molecule has 0 saturated carbocycles. The molecule has 1 aliphatic heterocycles. The summed E-state index contributed by atoms with van der Waals surface area (Å²) >= 11 is 0. The van der Waals surface area contributed by atoms with Crippen molar-refractivity contribution in [2.24, 2.45) is 0 Å². The number of hydrogen-bond donors (Lipinski definition) is 0. The average molecular weight is 329 g/mol. The van der Waals surface area contributed by atoms with Gasteiger partial charge < -0.3 is 14.0 Å². The topological polar surface area (TPSA) is 58.4 Å². The summed E-state index contributed by atoms with van der Waals surface area (Å²) in [6, 6.07) is 10.1. The van der Waals surface area contributed by atoms with E-state index in [0.717, 1.165) is 16.9 Å². The van der Waals surface area contributed by atoms with Gasteiger partial charge in [-0.05, 0) is 33.3 Å². The average Bonchev–Trinajstić information content (AvgIpc) is 2.99. The molecule has 0 N–H and O–H groups in total. The number of ether oxygens (including phenoxy) is 1. The van der Waals surface area contributed by atoms with Gasteiger partial charge >= 0.3 is 7.12 Å². The summed E-state index contributed by atoms with van der Waals surface area (Å²) in [5.41, 5.74) is 1.88. The van der Waals surface area contributed by atoms with Crippen molar-refractivity contribution in [3.05, 3.63) is 41.6 Å². The van der Waals surface area contributed by atoms with Crippen LogP contribution in [0.15, 0.2) is 30.3 Å². The molecule has 2 heterocycles. The summed E-state index contributed by atoms with van der Waals surface area (Å²) in [5, 5.41) is 8.57. The van der Waals surface area contributed by atoms with Crippen LogP contribution in [0.2, 0.25) is 0 Å². The number of methoxy groups -OCH3 is 1. The first-order valence-electron chi connectivity index (χ1n) is 8.15. The Morgan fingerprint density at radius 3 is 2.29 bits per heavy atom. The zero-order chi connectivity index (χ0) is 17.4. The molecule has 24 heavy (non-hydrogen) atoms. The lowest BCUT2D eigenvalue weighted by atomic mass is 9.82. The highest BCUT2D eigenvalue weighted by Crippen LogP contribution is 2.36. The Labute approximate surface area is 143 Å². The van der Waals surface area contributed by atoms with E-state index in [1.54, 1.807) is 7.11 Å². The first-order valence-corrected chi connectivity index (χ1v) is 8.15. The van der Waals surface area contributed by atoms with Crippen LogP contribution in [0.1, 0.15) is 39.0 Å². The lowest BCUT2D eigenvalue weighted by Crippen LogP contribution is -2.42. The fraction of sp³-hybridized carbons (Fsp3) is 0.529. The number of aromatic nitrogens is 3. The molecule has 6 nitrogen and oxygen atoms in total. The molecule has 2 aromatic rings. The van der Waals surface area contributed by atoms with Gasteiger partial charge in [0.15, 0.2) is 0 Å². The number of hydrogen-bond acceptors (Lipinski definition) is 5. The molecule has 0 amide bonds. The second-order valence-electron chi connectivity index (χ2n) is 7.09. The summed E-state index contributed by atoms with van der Waals surface area (Å²) in [5.74, 6) is 0. The van der Waals surface area contributed by atoms with Crippen molar-refractivity contribution in [1.82, 2.24) is 15.0 Å². The highest BCUT2D eigenvalue weighted by atomic mass is 16.7. The van der Waals surface area contributed by atoms with Gasteiger partial charge in [0.2, 0.25) is 0 Å². The van der Waals surface area contributed by atoms with Crippen LogP contribution in [0.25, 0.3) is 0 Å². The largest absolute Gasteiger partial charge is 0.516 e. The molecule has 1 saturated heterocycles. The molecule has 1 aromatic heterocycles. The van der Waals surface area contributed by atoms with Crippen molar-refractivity contribution in [3.63, 3.8) is 0 Å². The second-order valence-corrected chi connectivity index (χ2v) is 7.09. The summed E-state index contributed by atoms with van der Waals surface area (Å²) in [6.45, 7) is 9.12. The van der Waals surface area contributed by atoms with Crippen LogP contribution in [0.3, 0.4) is 0 Å². The minimum atomic E-state index is -0.515. The lowest BCUT2D eigenvalue weighted by Gasteiger charge is -2.32. The molecule has 1 fully saturated rings. The molecule has 0 aliphatic carbocycles. The van der Waals surface area contributed by atoms with E-state index in [1.807, 2.05) is 50.6 Å². The van der Waals surface area contributed by atoms with E-state index in [9.17, 15) is 0 Å². The maximum atomic E-state index is 6.20. The zero-order valence-electron chi connectivity index (χ0n) is 14.9. The van der Waals surface area contributed by atoms with Crippen LogP contribution in [0.5, 0.6) is 0 Å². The first-order chi connectivity index (χ1) is 11.3. The Morgan fingerprint density at radius 1 is 1.08 bits per heavy atom. The van der Waals surface area contributed by atoms with Crippen molar-refractivity contribution >= 4 is 12.7 Å². The Bertz CT molecular complexity index is 684. The molecule has 1 aliphatic rings. The molecule has 7 heteroatoms. The molecule has 1 aromatic carbocycles. The molecule has 128 valence electrons. The van der Waals surface area contributed by atoms with Crippen LogP contribution in [0.4, 0.5) is 0 Å². The Kier molecular flexibility index (Phi) is 4.51. The van der Waals surface area contributed by atoms with Crippen molar-refractivity contribution < 1.29 is 14.0 Å². The van der Waals surface area contributed by atoms with Gasteiger partial charge in [-0.2, -0.15) is 0 Å². The molecule has 0 spiro atoms. The third-order valence-corrected chi connectivity index (χ3v) is 4.78. The highest BCUT2D eigenvalue weighted by molar-refractivity contribution is 6.61. The van der Waals surface area contributed by atoms with E-state index in [0.29, 0.717) is 13.2 Å². The van der Waals surface area contributed by atoms with Crippen LogP contribution in [-0.4, -0.2) is 40.4 Å². The first kappa shape index (κ1) is 17.1. The summed E-state index contributed by atoms with van der Waals surface area (Å²) < 4.78 is 19.5. The van der Waals surface area contributed by atoms with Crippen LogP contribution < -0.4 is 5.59 Å². The van der Waals surface area contributed by atoms with Gasteiger partial charge in [-0.1, -0.05) is 35.5 Å². The van der Waals surface area contributed by atoms with E-state index >= 15 is 0 Å².